The van der Waals surface area contributed by atoms with Crippen LogP contribution in [-0.2, 0) is 6.54 Å². The minimum Gasteiger partial charge on any atom is -0.395 e. The molecule has 0 aliphatic carbocycles. The van der Waals surface area contributed by atoms with Gasteiger partial charge in [-0.15, -0.1) is 0 Å². The molecule has 0 saturated carbocycles. The Balaban J connectivity index is 2.27. The second-order valence-electron chi connectivity index (χ2n) is 4.77. The number of carbonyl (C=O) groups is 1. The molecule has 0 unspecified atom stereocenters. The molecule has 1 heterocycles. The first-order valence-electron chi connectivity index (χ1n) is 6.71. The largest absolute Gasteiger partial charge is 0.395 e. The summed E-state index contributed by atoms with van der Waals surface area (Å²) in [5.74, 6) is -0.218. The Morgan fingerprint density at radius 2 is 2.10 bits per heavy atom. The highest BCUT2D eigenvalue weighted by Crippen LogP contribution is 2.19. The zero-order chi connectivity index (χ0) is 15.4. The molecule has 21 heavy (non-hydrogen) atoms. The standard InChI is InChI=1S/C15H18ClN3O2/c1-10-14(15(21)17-7-8-20)11(2)19(18-10)9-12-5-3-4-6-13(12)16/h3-6,20H,7-9H2,1-2H3,(H,17,21). The fourth-order valence-corrected chi connectivity index (χ4v) is 2.42. The number of carbonyl (C=O) groups excluding carboxylic acids is 1. The number of hydrogen-bond acceptors (Lipinski definition) is 3. The molecule has 1 amide bonds. The van der Waals surface area contributed by atoms with Gasteiger partial charge in [0, 0.05) is 17.3 Å². The monoisotopic (exact) mass is 307 g/mol. The van der Waals surface area contributed by atoms with Gasteiger partial charge in [0.1, 0.15) is 0 Å². The molecule has 6 heteroatoms. The SMILES string of the molecule is Cc1nn(Cc2ccccc2Cl)c(C)c1C(=O)NCCO. The fraction of sp³-hybridized carbons (Fsp3) is 0.333. The zero-order valence-electron chi connectivity index (χ0n) is 12.1. The molecule has 0 saturated heterocycles. The predicted octanol–water partition coefficient (Wildman–Crippen LogP) is 1.92. The Hall–Kier alpha value is -1.85. The summed E-state index contributed by atoms with van der Waals surface area (Å²) in [6.45, 7) is 4.30. The number of nitrogens with zero attached hydrogens (tertiary/aromatic N) is 2. The Bertz CT molecular complexity index is 652. The van der Waals surface area contributed by atoms with Crippen molar-refractivity contribution in [3.05, 3.63) is 51.8 Å². The van der Waals surface area contributed by atoms with Gasteiger partial charge in [0.15, 0.2) is 0 Å². The van der Waals surface area contributed by atoms with Gasteiger partial charge in [-0.05, 0) is 25.5 Å². The van der Waals surface area contributed by atoms with Crippen molar-refractivity contribution >= 4 is 17.5 Å². The molecule has 5 nitrogen and oxygen atoms in total. The highest BCUT2D eigenvalue weighted by molar-refractivity contribution is 6.31. The van der Waals surface area contributed by atoms with Crippen molar-refractivity contribution in [2.45, 2.75) is 20.4 Å². The molecule has 2 aromatic rings. The number of rotatable bonds is 5. The van der Waals surface area contributed by atoms with Crippen molar-refractivity contribution in [1.82, 2.24) is 15.1 Å². The van der Waals surface area contributed by atoms with Crippen LogP contribution in [0.25, 0.3) is 0 Å². The molecular weight excluding hydrogens is 290 g/mol. The quantitative estimate of drug-likeness (QED) is 0.887. The van der Waals surface area contributed by atoms with E-state index in [2.05, 4.69) is 10.4 Å². The number of amides is 1. The van der Waals surface area contributed by atoms with Crippen molar-refractivity contribution in [2.75, 3.05) is 13.2 Å². The van der Waals surface area contributed by atoms with Crippen LogP contribution in [0.3, 0.4) is 0 Å². The lowest BCUT2D eigenvalue weighted by Crippen LogP contribution is -2.27. The molecule has 1 aromatic heterocycles. The highest BCUT2D eigenvalue weighted by atomic mass is 35.5. The molecule has 0 bridgehead atoms. The van der Waals surface area contributed by atoms with E-state index in [1.807, 2.05) is 31.2 Å². The van der Waals surface area contributed by atoms with E-state index in [9.17, 15) is 4.79 Å². The Labute approximate surface area is 128 Å². The van der Waals surface area contributed by atoms with Crippen LogP contribution in [0.4, 0.5) is 0 Å². The van der Waals surface area contributed by atoms with Gasteiger partial charge in [0.05, 0.1) is 24.4 Å². The third-order valence-electron chi connectivity index (χ3n) is 3.28. The van der Waals surface area contributed by atoms with E-state index in [-0.39, 0.29) is 19.1 Å². The minimum atomic E-state index is -0.218. The van der Waals surface area contributed by atoms with E-state index in [0.29, 0.717) is 22.8 Å². The molecule has 0 radical (unpaired) electrons. The van der Waals surface area contributed by atoms with Gasteiger partial charge >= 0.3 is 0 Å². The molecule has 0 spiro atoms. The predicted molar refractivity (Wildman–Crippen MR) is 81.7 cm³/mol. The number of hydrogen-bond donors (Lipinski definition) is 2. The van der Waals surface area contributed by atoms with Gasteiger partial charge in [0.25, 0.3) is 5.91 Å². The lowest BCUT2D eigenvalue weighted by molar-refractivity contribution is 0.0943. The van der Waals surface area contributed by atoms with Crippen LogP contribution in [0, 0.1) is 13.8 Å². The fourth-order valence-electron chi connectivity index (χ4n) is 2.23. The van der Waals surface area contributed by atoms with Crippen LogP contribution < -0.4 is 5.32 Å². The van der Waals surface area contributed by atoms with Gasteiger partial charge in [-0.1, -0.05) is 29.8 Å². The number of benzene rings is 1. The van der Waals surface area contributed by atoms with E-state index in [0.717, 1.165) is 11.3 Å². The van der Waals surface area contributed by atoms with Crippen molar-refractivity contribution in [3.8, 4) is 0 Å². The number of aliphatic hydroxyl groups is 1. The second kappa shape index (κ2) is 6.74. The minimum absolute atomic E-state index is 0.0857. The summed E-state index contributed by atoms with van der Waals surface area (Å²) >= 11 is 6.16. The summed E-state index contributed by atoms with van der Waals surface area (Å²) in [4.78, 5) is 12.1. The molecule has 0 aliphatic rings. The van der Waals surface area contributed by atoms with Gasteiger partial charge in [-0.25, -0.2) is 0 Å². The number of aliphatic hydroxyl groups excluding tert-OH is 1. The number of nitrogens with one attached hydrogen (secondary N) is 1. The molecule has 2 rings (SSSR count). The first-order chi connectivity index (χ1) is 10.0. The molecule has 0 atom stereocenters. The highest BCUT2D eigenvalue weighted by Gasteiger charge is 2.18. The maximum Gasteiger partial charge on any atom is 0.255 e. The second-order valence-corrected chi connectivity index (χ2v) is 5.18. The molecule has 0 aliphatic heterocycles. The van der Waals surface area contributed by atoms with Crippen molar-refractivity contribution < 1.29 is 9.90 Å². The summed E-state index contributed by atoms with van der Waals surface area (Å²) in [5.41, 5.74) is 2.94. The smallest absolute Gasteiger partial charge is 0.255 e. The Morgan fingerprint density at radius 3 is 2.76 bits per heavy atom. The van der Waals surface area contributed by atoms with E-state index in [1.165, 1.54) is 0 Å². The number of halogens is 1. The van der Waals surface area contributed by atoms with Gasteiger partial charge in [-0.3, -0.25) is 9.48 Å². The Morgan fingerprint density at radius 1 is 1.38 bits per heavy atom. The van der Waals surface area contributed by atoms with Crippen LogP contribution in [0.15, 0.2) is 24.3 Å². The van der Waals surface area contributed by atoms with Gasteiger partial charge < -0.3 is 10.4 Å². The molecule has 2 N–H and O–H groups in total. The first kappa shape index (κ1) is 15.5. The van der Waals surface area contributed by atoms with Gasteiger partial charge in [-0.2, -0.15) is 5.10 Å². The van der Waals surface area contributed by atoms with E-state index < -0.39 is 0 Å². The van der Waals surface area contributed by atoms with Crippen molar-refractivity contribution in [3.63, 3.8) is 0 Å². The molecule has 1 aromatic carbocycles. The number of aryl methyl sites for hydroxylation is 1. The van der Waals surface area contributed by atoms with Crippen LogP contribution in [0.2, 0.25) is 5.02 Å². The summed E-state index contributed by atoms with van der Waals surface area (Å²) in [6, 6.07) is 7.56. The normalized spacial score (nSPS) is 10.7. The third-order valence-corrected chi connectivity index (χ3v) is 3.65. The number of aromatic nitrogens is 2. The lowest BCUT2D eigenvalue weighted by atomic mass is 10.1. The zero-order valence-corrected chi connectivity index (χ0v) is 12.8. The first-order valence-corrected chi connectivity index (χ1v) is 7.09. The average molecular weight is 308 g/mol. The van der Waals surface area contributed by atoms with E-state index in [1.54, 1.807) is 11.6 Å². The summed E-state index contributed by atoms with van der Waals surface area (Å²) < 4.78 is 1.77. The lowest BCUT2D eigenvalue weighted by Gasteiger charge is -2.07. The van der Waals surface area contributed by atoms with Gasteiger partial charge in [0.2, 0.25) is 0 Å². The van der Waals surface area contributed by atoms with Crippen molar-refractivity contribution in [1.29, 1.82) is 0 Å². The van der Waals surface area contributed by atoms with Crippen LogP contribution in [-0.4, -0.2) is 33.9 Å². The van der Waals surface area contributed by atoms with Crippen molar-refractivity contribution in [2.24, 2.45) is 0 Å². The summed E-state index contributed by atoms with van der Waals surface area (Å²) in [5, 5.41) is 16.5. The summed E-state index contributed by atoms with van der Waals surface area (Å²) in [7, 11) is 0. The molecular formula is C15H18ClN3O2. The van der Waals surface area contributed by atoms with E-state index in [4.69, 9.17) is 16.7 Å². The Kier molecular flexibility index (Phi) is 4.98. The van der Waals surface area contributed by atoms with E-state index >= 15 is 0 Å². The molecule has 112 valence electrons. The summed E-state index contributed by atoms with van der Waals surface area (Å²) in [6.07, 6.45) is 0. The van der Waals surface area contributed by atoms with Crippen LogP contribution in [0.5, 0.6) is 0 Å². The molecule has 0 fully saturated rings. The van der Waals surface area contributed by atoms with Crippen LogP contribution >= 0.6 is 11.6 Å². The maximum atomic E-state index is 12.1. The average Bonchev–Trinajstić information content (AvgIpc) is 2.73. The van der Waals surface area contributed by atoms with Crippen LogP contribution in [0.1, 0.15) is 27.3 Å². The maximum absolute atomic E-state index is 12.1. The third kappa shape index (κ3) is 3.43. The topological polar surface area (TPSA) is 67.2 Å².